The summed E-state index contributed by atoms with van der Waals surface area (Å²) in [6.07, 6.45) is 1.29. The predicted octanol–water partition coefficient (Wildman–Crippen LogP) is 1.71. The van der Waals surface area contributed by atoms with Gasteiger partial charge in [0.2, 0.25) is 0 Å². The van der Waals surface area contributed by atoms with Crippen molar-refractivity contribution in [3.05, 3.63) is 0 Å². The summed E-state index contributed by atoms with van der Waals surface area (Å²) < 4.78 is 0. The maximum absolute atomic E-state index is 3.48. The van der Waals surface area contributed by atoms with Gasteiger partial charge < -0.3 is 5.32 Å². The van der Waals surface area contributed by atoms with Crippen LogP contribution in [-0.2, 0) is 0 Å². The summed E-state index contributed by atoms with van der Waals surface area (Å²) >= 11 is 0. The smallest absolute Gasteiger partial charge is 0.0167 e. The molecular formula is C11H24N2. The van der Waals surface area contributed by atoms with Gasteiger partial charge >= 0.3 is 0 Å². The Kier molecular flexibility index (Phi) is 4.20. The molecule has 13 heavy (non-hydrogen) atoms. The first-order valence-electron chi connectivity index (χ1n) is 5.62. The summed E-state index contributed by atoms with van der Waals surface area (Å²) in [5.41, 5.74) is 0. The normalized spacial score (nSPS) is 30.0. The van der Waals surface area contributed by atoms with Crippen LogP contribution >= 0.6 is 0 Å². The van der Waals surface area contributed by atoms with E-state index in [1.54, 1.807) is 0 Å². The molecule has 3 unspecified atom stereocenters. The summed E-state index contributed by atoms with van der Waals surface area (Å²) in [6.45, 7) is 12.9. The van der Waals surface area contributed by atoms with E-state index in [1.165, 1.54) is 19.5 Å². The van der Waals surface area contributed by atoms with E-state index < -0.39 is 0 Å². The number of rotatable bonds is 3. The van der Waals surface area contributed by atoms with Crippen LogP contribution in [0.15, 0.2) is 0 Å². The Bertz CT molecular complexity index is 147. The van der Waals surface area contributed by atoms with Crippen molar-refractivity contribution < 1.29 is 0 Å². The topological polar surface area (TPSA) is 15.3 Å². The predicted molar refractivity (Wildman–Crippen MR) is 58.0 cm³/mol. The first kappa shape index (κ1) is 11.0. The SMILES string of the molecule is CCC(C)C(C)N1CCNC(C)C1. The molecule has 0 radical (unpaired) electrons. The minimum Gasteiger partial charge on any atom is -0.312 e. The van der Waals surface area contributed by atoms with Crippen molar-refractivity contribution >= 4 is 0 Å². The highest BCUT2D eigenvalue weighted by Crippen LogP contribution is 2.15. The molecule has 0 aromatic rings. The van der Waals surface area contributed by atoms with Crippen LogP contribution in [0.25, 0.3) is 0 Å². The van der Waals surface area contributed by atoms with Gasteiger partial charge in [0.1, 0.15) is 0 Å². The highest BCUT2D eigenvalue weighted by Gasteiger charge is 2.23. The number of piperazine rings is 1. The zero-order valence-electron chi connectivity index (χ0n) is 9.51. The Morgan fingerprint density at radius 3 is 2.69 bits per heavy atom. The van der Waals surface area contributed by atoms with Crippen molar-refractivity contribution in [2.45, 2.75) is 46.2 Å². The molecule has 0 amide bonds. The van der Waals surface area contributed by atoms with Gasteiger partial charge in [-0.05, 0) is 19.8 Å². The molecule has 1 rings (SSSR count). The van der Waals surface area contributed by atoms with E-state index in [0.717, 1.165) is 18.5 Å². The Hall–Kier alpha value is -0.0800. The van der Waals surface area contributed by atoms with Gasteiger partial charge in [-0.1, -0.05) is 20.3 Å². The van der Waals surface area contributed by atoms with Crippen LogP contribution < -0.4 is 5.32 Å². The van der Waals surface area contributed by atoms with Crippen LogP contribution in [0, 0.1) is 5.92 Å². The number of hydrogen-bond acceptors (Lipinski definition) is 2. The molecule has 1 fully saturated rings. The molecule has 1 N–H and O–H groups in total. The molecule has 1 aliphatic heterocycles. The summed E-state index contributed by atoms with van der Waals surface area (Å²) in [4.78, 5) is 2.62. The summed E-state index contributed by atoms with van der Waals surface area (Å²) in [5.74, 6) is 0.824. The van der Waals surface area contributed by atoms with E-state index in [2.05, 4.69) is 37.9 Å². The molecule has 2 heteroatoms. The molecule has 0 aromatic heterocycles. The lowest BCUT2D eigenvalue weighted by molar-refractivity contribution is 0.121. The highest BCUT2D eigenvalue weighted by atomic mass is 15.2. The van der Waals surface area contributed by atoms with E-state index in [4.69, 9.17) is 0 Å². The standard InChI is InChI=1S/C11H24N2/c1-5-9(2)11(4)13-7-6-12-10(3)8-13/h9-12H,5-8H2,1-4H3. The van der Waals surface area contributed by atoms with E-state index in [1.807, 2.05) is 0 Å². The van der Waals surface area contributed by atoms with E-state index >= 15 is 0 Å². The van der Waals surface area contributed by atoms with E-state index in [0.29, 0.717) is 6.04 Å². The van der Waals surface area contributed by atoms with Gasteiger partial charge in [0.15, 0.2) is 0 Å². The molecule has 0 saturated carbocycles. The molecule has 1 saturated heterocycles. The average molecular weight is 184 g/mol. The Labute approximate surface area is 82.7 Å². The molecular weight excluding hydrogens is 160 g/mol. The Morgan fingerprint density at radius 2 is 2.15 bits per heavy atom. The van der Waals surface area contributed by atoms with E-state index in [9.17, 15) is 0 Å². The highest BCUT2D eigenvalue weighted by molar-refractivity contribution is 4.80. The molecule has 78 valence electrons. The number of hydrogen-bond donors (Lipinski definition) is 1. The zero-order chi connectivity index (χ0) is 9.84. The van der Waals surface area contributed by atoms with Crippen molar-refractivity contribution in [3.8, 4) is 0 Å². The largest absolute Gasteiger partial charge is 0.312 e. The van der Waals surface area contributed by atoms with Crippen molar-refractivity contribution in [1.82, 2.24) is 10.2 Å². The summed E-state index contributed by atoms with van der Waals surface area (Å²) in [6, 6.07) is 1.41. The summed E-state index contributed by atoms with van der Waals surface area (Å²) in [5, 5.41) is 3.48. The first-order valence-corrected chi connectivity index (χ1v) is 5.62. The Morgan fingerprint density at radius 1 is 1.46 bits per heavy atom. The fourth-order valence-corrected chi connectivity index (χ4v) is 2.03. The first-order chi connectivity index (χ1) is 6.15. The number of nitrogens with one attached hydrogen (secondary N) is 1. The monoisotopic (exact) mass is 184 g/mol. The third-order valence-electron chi connectivity index (χ3n) is 3.44. The van der Waals surface area contributed by atoms with E-state index in [-0.39, 0.29) is 0 Å². The van der Waals surface area contributed by atoms with Crippen molar-refractivity contribution in [1.29, 1.82) is 0 Å². The molecule has 1 heterocycles. The van der Waals surface area contributed by atoms with Crippen LogP contribution in [0.4, 0.5) is 0 Å². The second kappa shape index (κ2) is 4.97. The molecule has 1 aliphatic rings. The van der Waals surface area contributed by atoms with Crippen LogP contribution in [0.3, 0.4) is 0 Å². The number of nitrogens with zero attached hydrogens (tertiary/aromatic N) is 1. The fourth-order valence-electron chi connectivity index (χ4n) is 2.03. The lowest BCUT2D eigenvalue weighted by Gasteiger charge is -2.38. The lowest BCUT2D eigenvalue weighted by Crippen LogP contribution is -2.53. The fraction of sp³-hybridized carbons (Fsp3) is 1.00. The van der Waals surface area contributed by atoms with Crippen molar-refractivity contribution in [3.63, 3.8) is 0 Å². The van der Waals surface area contributed by atoms with Crippen molar-refractivity contribution in [2.75, 3.05) is 19.6 Å². The second-order valence-electron chi connectivity index (χ2n) is 4.48. The second-order valence-corrected chi connectivity index (χ2v) is 4.48. The quantitative estimate of drug-likeness (QED) is 0.718. The minimum absolute atomic E-state index is 0.667. The van der Waals surface area contributed by atoms with Crippen LogP contribution in [-0.4, -0.2) is 36.6 Å². The van der Waals surface area contributed by atoms with Crippen molar-refractivity contribution in [2.24, 2.45) is 5.92 Å². The van der Waals surface area contributed by atoms with Gasteiger partial charge in [0, 0.05) is 31.7 Å². The zero-order valence-corrected chi connectivity index (χ0v) is 9.51. The van der Waals surface area contributed by atoms with Gasteiger partial charge in [-0.2, -0.15) is 0 Å². The van der Waals surface area contributed by atoms with Gasteiger partial charge in [-0.3, -0.25) is 4.90 Å². The van der Waals surface area contributed by atoms with Crippen LogP contribution in [0.5, 0.6) is 0 Å². The molecule has 0 bridgehead atoms. The lowest BCUT2D eigenvalue weighted by atomic mass is 9.98. The van der Waals surface area contributed by atoms with Gasteiger partial charge in [-0.25, -0.2) is 0 Å². The molecule has 0 aliphatic carbocycles. The minimum atomic E-state index is 0.667. The van der Waals surface area contributed by atoms with Gasteiger partial charge in [0.25, 0.3) is 0 Å². The molecule has 2 nitrogen and oxygen atoms in total. The average Bonchev–Trinajstić information content (AvgIpc) is 2.15. The third-order valence-corrected chi connectivity index (χ3v) is 3.44. The van der Waals surface area contributed by atoms with Crippen LogP contribution in [0.2, 0.25) is 0 Å². The Balaban J connectivity index is 2.41. The molecule has 0 spiro atoms. The third kappa shape index (κ3) is 2.96. The van der Waals surface area contributed by atoms with Gasteiger partial charge in [0.05, 0.1) is 0 Å². The molecule has 0 aromatic carbocycles. The van der Waals surface area contributed by atoms with Gasteiger partial charge in [-0.15, -0.1) is 0 Å². The summed E-state index contributed by atoms with van der Waals surface area (Å²) in [7, 11) is 0. The molecule has 3 atom stereocenters. The van der Waals surface area contributed by atoms with Crippen LogP contribution in [0.1, 0.15) is 34.1 Å². The maximum atomic E-state index is 3.48. The maximum Gasteiger partial charge on any atom is 0.0167 e.